The van der Waals surface area contributed by atoms with Crippen molar-refractivity contribution in [1.29, 1.82) is 0 Å². The van der Waals surface area contributed by atoms with Gasteiger partial charge in [0.1, 0.15) is 0 Å². The summed E-state index contributed by atoms with van der Waals surface area (Å²) in [7, 11) is -3.01. The van der Waals surface area contributed by atoms with Gasteiger partial charge in [-0.25, -0.2) is 12.7 Å². The summed E-state index contributed by atoms with van der Waals surface area (Å²) >= 11 is 3.58. The minimum atomic E-state index is -3.01. The van der Waals surface area contributed by atoms with Crippen LogP contribution in [0.4, 0.5) is 0 Å². The highest BCUT2D eigenvalue weighted by atomic mass is 79.9. The lowest BCUT2D eigenvalue weighted by atomic mass is 9.85. The van der Waals surface area contributed by atoms with Gasteiger partial charge >= 0.3 is 0 Å². The quantitative estimate of drug-likeness (QED) is 0.676. The molecule has 1 rings (SSSR count). The summed E-state index contributed by atoms with van der Waals surface area (Å²) in [4.78, 5) is 0.415. The van der Waals surface area contributed by atoms with Crippen LogP contribution < -0.4 is 0 Å². The van der Waals surface area contributed by atoms with E-state index in [2.05, 4.69) is 29.8 Å². The predicted octanol–water partition coefficient (Wildman–Crippen LogP) is 1.44. The minimum absolute atomic E-state index is 0.0291. The first-order valence-electron chi connectivity index (χ1n) is 4.33. The molecule has 0 bridgehead atoms. The van der Waals surface area contributed by atoms with Crippen LogP contribution in [0.2, 0.25) is 0 Å². The smallest absolute Gasteiger partial charge is 0.211 e. The molecular weight excluding hydrogens is 254 g/mol. The van der Waals surface area contributed by atoms with Crippen molar-refractivity contribution in [3.05, 3.63) is 0 Å². The van der Waals surface area contributed by atoms with Gasteiger partial charge in [-0.1, -0.05) is 29.8 Å². The molecule has 13 heavy (non-hydrogen) atoms. The molecule has 1 aliphatic heterocycles. The standard InChI is InChI=1S/C8H16BrNO2S/c1-8(2)6-10(13(3,11)12)5-4-7(8)9/h7H,4-6H2,1-3H3. The van der Waals surface area contributed by atoms with Gasteiger partial charge in [-0.2, -0.15) is 0 Å². The number of piperidine rings is 1. The van der Waals surface area contributed by atoms with Crippen molar-refractivity contribution in [2.24, 2.45) is 5.41 Å². The van der Waals surface area contributed by atoms with E-state index in [1.807, 2.05) is 0 Å². The van der Waals surface area contributed by atoms with Crippen molar-refractivity contribution in [3.63, 3.8) is 0 Å². The Balaban J connectivity index is 2.78. The van der Waals surface area contributed by atoms with Gasteiger partial charge in [-0.3, -0.25) is 0 Å². The molecule has 5 heteroatoms. The molecule has 0 aliphatic carbocycles. The van der Waals surface area contributed by atoms with E-state index in [-0.39, 0.29) is 5.41 Å². The zero-order chi connectivity index (χ0) is 10.3. The Morgan fingerprint density at radius 1 is 1.46 bits per heavy atom. The molecule has 1 aliphatic rings. The van der Waals surface area contributed by atoms with Gasteiger partial charge < -0.3 is 0 Å². The summed E-state index contributed by atoms with van der Waals surface area (Å²) in [5.41, 5.74) is 0.0291. The van der Waals surface area contributed by atoms with E-state index in [9.17, 15) is 8.42 Å². The Hall–Kier alpha value is 0.390. The normalized spacial score (nSPS) is 30.3. The van der Waals surface area contributed by atoms with Crippen LogP contribution in [0.3, 0.4) is 0 Å². The van der Waals surface area contributed by atoms with Crippen molar-refractivity contribution < 1.29 is 8.42 Å². The Morgan fingerprint density at radius 3 is 2.38 bits per heavy atom. The van der Waals surface area contributed by atoms with Gasteiger partial charge in [0.15, 0.2) is 0 Å². The van der Waals surface area contributed by atoms with Crippen LogP contribution in [0.1, 0.15) is 20.3 Å². The van der Waals surface area contributed by atoms with Gasteiger partial charge in [0.25, 0.3) is 0 Å². The molecule has 0 spiro atoms. The van der Waals surface area contributed by atoms with Gasteiger partial charge in [0, 0.05) is 17.9 Å². The van der Waals surface area contributed by atoms with Crippen LogP contribution in [-0.2, 0) is 10.0 Å². The predicted molar refractivity (Wildman–Crippen MR) is 57.5 cm³/mol. The summed E-state index contributed by atoms with van der Waals surface area (Å²) in [5, 5.41) is 0. The van der Waals surface area contributed by atoms with E-state index in [1.165, 1.54) is 6.26 Å². The highest BCUT2D eigenvalue weighted by molar-refractivity contribution is 9.09. The van der Waals surface area contributed by atoms with Crippen LogP contribution >= 0.6 is 15.9 Å². The molecule has 0 amide bonds. The molecule has 1 unspecified atom stereocenters. The molecule has 3 nitrogen and oxygen atoms in total. The van der Waals surface area contributed by atoms with E-state index < -0.39 is 10.0 Å². The molecule has 0 saturated carbocycles. The van der Waals surface area contributed by atoms with E-state index >= 15 is 0 Å². The number of halogens is 1. The number of hydrogen-bond acceptors (Lipinski definition) is 2. The van der Waals surface area contributed by atoms with Crippen LogP contribution in [0.25, 0.3) is 0 Å². The van der Waals surface area contributed by atoms with Crippen molar-refractivity contribution in [2.45, 2.75) is 25.1 Å². The van der Waals surface area contributed by atoms with Crippen LogP contribution in [-0.4, -0.2) is 36.9 Å². The van der Waals surface area contributed by atoms with Gasteiger partial charge in [0.05, 0.1) is 6.26 Å². The van der Waals surface area contributed by atoms with Gasteiger partial charge in [0.2, 0.25) is 10.0 Å². The first-order valence-corrected chi connectivity index (χ1v) is 7.09. The number of rotatable bonds is 1. The summed E-state index contributed by atoms with van der Waals surface area (Å²) < 4.78 is 24.1. The number of nitrogens with zero attached hydrogens (tertiary/aromatic N) is 1. The molecule has 0 aromatic carbocycles. The minimum Gasteiger partial charge on any atom is -0.213 e. The Kier molecular flexibility index (Phi) is 3.10. The first-order chi connectivity index (χ1) is 5.73. The third-order valence-corrected chi connectivity index (χ3v) is 5.48. The monoisotopic (exact) mass is 269 g/mol. The van der Waals surface area contributed by atoms with E-state index in [0.717, 1.165) is 6.42 Å². The maximum atomic E-state index is 11.3. The Morgan fingerprint density at radius 2 is 2.00 bits per heavy atom. The zero-order valence-electron chi connectivity index (χ0n) is 8.25. The topological polar surface area (TPSA) is 37.4 Å². The summed E-state index contributed by atoms with van der Waals surface area (Å²) in [6.07, 6.45) is 2.16. The van der Waals surface area contributed by atoms with E-state index in [0.29, 0.717) is 17.9 Å². The molecule has 1 saturated heterocycles. The van der Waals surface area contributed by atoms with Crippen LogP contribution in [0.5, 0.6) is 0 Å². The van der Waals surface area contributed by atoms with Gasteiger partial charge in [-0.15, -0.1) is 0 Å². The second kappa shape index (κ2) is 3.51. The van der Waals surface area contributed by atoms with E-state index in [1.54, 1.807) is 4.31 Å². The highest BCUT2D eigenvalue weighted by Gasteiger charge is 2.37. The lowest BCUT2D eigenvalue weighted by Gasteiger charge is -2.40. The molecule has 0 radical (unpaired) electrons. The third kappa shape index (κ3) is 2.67. The van der Waals surface area contributed by atoms with E-state index in [4.69, 9.17) is 0 Å². The molecule has 0 aromatic rings. The summed E-state index contributed by atoms with van der Waals surface area (Å²) in [6, 6.07) is 0. The first kappa shape index (κ1) is 11.5. The molecular formula is C8H16BrNO2S. The fourth-order valence-electron chi connectivity index (χ4n) is 1.56. The third-order valence-electron chi connectivity index (χ3n) is 2.53. The average Bonchev–Trinajstić information content (AvgIpc) is 1.92. The largest absolute Gasteiger partial charge is 0.213 e. The van der Waals surface area contributed by atoms with Crippen LogP contribution in [0, 0.1) is 5.41 Å². The van der Waals surface area contributed by atoms with Crippen molar-refractivity contribution >= 4 is 26.0 Å². The summed E-state index contributed by atoms with van der Waals surface area (Å²) in [6.45, 7) is 5.42. The molecule has 1 heterocycles. The fraction of sp³-hybridized carbons (Fsp3) is 1.00. The van der Waals surface area contributed by atoms with Crippen molar-refractivity contribution in [1.82, 2.24) is 4.31 Å². The molecule has 1 fully saturated rings. The summed E-state index contributed by atoms with van der Waals surface area (Å²) in [5.74, 6) is 0. The van der Waals surface area contributed by atoms with Gasteiger partial charge in [-0.05, 0) is 11.8 Å². The zero-order valence-corrected chi connectivity index (χ0v) is 10.7. The fourth-order valence-corrected chi connectivity index (χ4v) is 2.92. The second-order valence-electron chi connectivity index (χ2n) is 4.34. The maximum absolute atomic E-state index is 11.3. The molecule has 0 N–H and O–H groups in total. The molecule has 78 valence electrons. The number of sulfonamides is 1. The number of alkyl halides is 1. The second-order valence-corrected chi connectivity index (χ2v) is 7.43. The lowest BCUT2D eigenvalue weighted by Crippen LogP contribution is -2.48. The SMILES string of the molecule is CC1(C)CN(S(C)(=O)=O)CCC1Br. The lowest BCUT2D eigenvalue weighted by molar-refractivity contribution is 0.200. The van der Waals surface area contributed by atoms with Crippen molar-refractivity contribution in [2.75, 3.05) is 19.3 Å². The number of hydrogen-bond donors (Lipinski definition) is 0. The Bertz CT molecular complexity index is 287. The molecule has 0 aromatic heterocycles. The Labute approximate surface area is 88.7 Å². The highest BCUT2D eigenvalue weighted by Crippen LogP contribution is 2.35. The molecule has 1 atom stereocenters. The maximum Gasteiger partial charge on any atom is 0.211 e. The van der Waals surface area contributed by atoms with Crippen molar-refractivity contribution in [3.8, 4) is 0 Å². The average molecular weight is 270 g/mol. The van der Waals surface area contributed by atoms with Crippen LogP contribution in [0.15, 0.2) is 0 Å².